The zero-order valence-corrected chi connectivity index (χ0v) is 24.2. The molecule has 0 unspecified atom stereocenters. The second-order valence-corrected chi connectivity index (χ2v) is 12.0. The van der Waals surface area contributed by atoms with Gasteiger partial charge in [-0.15, -0.1) is 0 Å². The minimum Gasteiger partial charge on any atom is -0.0757 e. The average Bonchev–Trinajstić information content (AvgIpc) is 3.47. The molecular weight excluding hydrogens is 516 g/mol. The summed E-state index contributed by atoms with van der Waals surface area (Å²) in [4.78, 5) is 0. The second kappa shape index (κ2) is 9.41. The van der Waals surface area contributed by atoms with Gasteiger partial charge in [-0.05, 0) is 119 Å². The molecule has 43 heavy (non-hydrogen) atoms. The van der Waals surface area contributed by atoms with Gasteiger partial charge in [-0.2, -0.15) is 0 Å². The molecule has 0 aliphatic heterocycles. The van der Waals surface area contributed by atoms with Gasteiger partial charge in [0, 0.05) is 0 Å². The highest BCUT2D eigenvalue weighted by Crippen LogP contribution is 2.40. The Labute approximate surface area is 251 Å². The summed E-state index contributed by atoms with van der Waals surface area (Å²) in [7, 11) is 0. The van der Waals surface area contributed by atoms with E-state index in [-0.39, 0.29) is 0 Å². The monoisotopic (exact) mass is 546 g/mol. The normalized spacial score (nSPS) is 13.3. The lowest BCUT2D eigenvalue weighted by Gasteiger charge is -2.18. The molecule has 9 rings (SSSR count). The number of rotatable bonds is 3. The third-order valence-corrected chi connectivity index (χ3v) is 9.52. The van der Waals surface area contributed by atoms with Crippen LogP contribution in [-0.4, -0.2) is 0 Å². The van der Waals surface area contributed by atoms with E-state index in [4.69, 9.17) is 0 Å². The highest BCUT2D eigenvalue weighted by Gasteiger charge is 2.18. The first-order chi connectivity index (χ1) is 21.2. The van der Waals surface area contributed by atoms with Crippen molar-refractivity contribution in [3.05, 3.63) is 142 Å². The quantitative estimate of drug-likeness (QED) is 0.207. The topological polar surface area (TPSA) is 0 Å². The van der Waals surface area contributed by atoms with Gasteiger partial charge in [0.1, 0.15) is 0 Å². The predicted octanol–water partition coefficient (Wildman–Crippen LogP) is 10.3. The van der Waals surface area contributed by atoms with Crippen LogP contribution in [0.3, 0.4) is 0 Å². The molecule has 0 aromatic heterocycles. The maximum atomic E-state index is 2.47. The van der Waals surface area contributed by atoms with Gasteiger partial charge in [0.25, 0.3) is 0 Å². The summed E-state index contributed by atoms with van der Waals surface area (Å²) in [5.74, 6) is 0. The first-order valence-corrected chi connectivity index (χ1v) is 15.3. The standard InChI is InChI=1S/C43H30/c1-27-25-33-24-22-29-11-8-16-39(41(29)33)40(27)30-18-20-31(21-19-30)42-35-12-4-6-14-37(35)43(38-15-7-5-13-36(38)42)34-23-17-28-9-2-3-10-32(28)26-34/h2-4,6,8-26H,5,7H2,1H3. The largest absolute Gasteiger partial charge is 0.0757 e. The summed E-state index contributed by atoms with van der Waals surface area (Å²) in [6.07, 6.45) is 11.6. The Morgan fingerprint density at radius 2 is 1.02 bits per heavy atom. The number of benzene rings is 7. The molecule has 0 atom stereocenters. The molecule has 7 aromatic rings. The number of hydrogen-bond acceptors (Lipinski definition) is 0. The van der Waals surface area contributed by atoms with Crippen LogP contribution in [0.1, 0.15) is 29.5 Å². The van der Waals surface area contributed by atoms with E-state index in [9.17, 15) is 0 Å². The van der Waals surface area contributed by atoms with E-state index in [0.717, 1.165) is 12.8 Å². The van der Waals surface area contributed by atoms with Crippen molar-refractivity contribution in [3.8, 4) is 33.4 Å². The fourth-order valence-corrected chi connectivity index (χ4v) is 7.65. The van der Waals surface area contributed by atoms with E-state index in [1.165, 1.54) is 92.8 Å². The molecule has 202 valence electrons. The van der Waals surface area contributed by atoms with Gasteiger partial charge in [0.2, 0.25) is 0 Å². The minimum absolute atomic E-state index is 1.07. The Morgan fingerprint density at radius 1 is 0.442 bits per heavy atom. The van der Waals surface area contributed by atoms with Crippen LogP contribution < -0.4 is 10.4 Å². The van der Waals surface area contributed by atoms with Crippen molar-refractivity contribution >= 4 is 56.6 Å². The predicted molar refractivity (Wildman–Crippen MR) is 186 cm³/mol. The molecule has 0 amide bonds. The van der Waals surface area contributed by atoms with Crippen LogP contribution in [0.4, 0.5) is 0 Å². The van der Waals surface area contributed by atoms with E-state index in [2.05, 4.69) is 146 Å². The molecule has 0 bridgehead atoms. The zero-order chi connectivity index (χ0) is 28.5. The van der Waals surface area contributed by atoms with Crippen molar-refractivity contribution in [2.24, 2.45) is 0 Å². The van der Waals surface area contributed by atoms with E-state index < -0.39 is 0 Å². The first kappa shape index (κ1) is 24.4. The third-order valence-electron chi connectivity index (χ3n) is 9.52. The highest BCUT2D eigenvalue weighted by atomic mass is 14.2. The van der Waals surface area contributed by atoms with E-state index in [1.54, 1.807) is 0 Å². The summed E-state index contributed by atoms with van der Waals surface area (Å²) < 4.78 is 0. The molecule has 0 nitrogen and oxygen atoms in total. The van der Waals surface area contributed by atoms with Crippen molar-refractivity contribution in [2.45, 2.75) is 19.8 Å². The summed E-state index contributed by atoms with van der Waals surface area (Å²) in [6.45, 7) is 2.25. The van der Waals surface area contributed by atoms with Crippen molar-refractivity contribution in [1.29, 1.82) is 0 Å². The van der Waals surface area contributed by atoms with Crippen LogP contribution >= 0.6 is 0 Å². The van der Waals surface area contributed by atoms with Crippen molar-refractivity contribution in [3.63, 3.8) is 0 Å². The van der Waals surface area contributed by atoms with Crippen molar-refractivity contribution in [1.82, 2.24) is 0 Å². The molecule has 7 aromatic carbocycles. The fourth-order valence-electron chi connectivity index (χ4n) is 7.65. The smallest absolute Gasteiger partial charge is 0.00295 e. The molecule has 2 aliphatic carbocycles. The molecule has 0 heterocycles. The number of fused-ring (bicyclic) bond motifs is 3. The van der Waals surface area contributed by atoms with E-state index >= 15 is 0 Å². The summed E-state index contributed by atoms with van der Waals surface area (Å²) in [6, 6.07) is 43.0. The molecule has 0 fully saturated rings. The van der Waals surface area contributed by atoms with Crippen molar-refractivity contribution < 1.29 is 0 Å². The van der Waals surface area contributed by atoms with Gasteiger partial charge >= 0.3 is 0 Å². The maximum absolute atomic E-state index is 2.47. The fraction of sp³-hybridized carbons (Fsp3) is 0.0698. The molecule has 0 spiro atoms. The summed E-state index contributed by atoms with van der Waals surface area (Å²) in [5, 5.41) is 10.7. The van der Waals surface area contributed by atoms with Gasteiger partial charge in [0.05, 0.1) is 0 Å². The van der Waals surface area contributed by atoms with Gasteiger partial charge in [0.15, 0.2) is 0 Å². The molecule has 0 saturated heterocycles. The Hall–Kier alpha value is -5.20. The van der Waals surface area contributed by atoms with Crippen molar-refractivity contribution in [2.75, 3.05) is 0 Å². The van der Waals surface area contributed by atoms with Gasteiger partial charge in [-0.25, -0.2) is 0 Å². The lowest BCUT2D eigenvalue weighted by atomic mass is 9.85. The van der Waals surface area contributed by atoms with E-state index in [0.29, 0.717) is 0 Å². The second-order valence-electron chi connectivity index (χ2n) is 12.0. The number of hydrogen-bond donors (Lipinski definition) is 0. The van der Waals surface area contributed by atoms with Gasteiger partial charge in [-0.1, -0.05) is 133 Å². The van der Waals surface area contributed by atoms with Gasteiger partial charge < -0.3 is 0 Å². The average molecular weight is 547 g/mol. The summed E-state index contributed by atoms with van der Waals surface area (Å²) in [5.41, 5.74) is 11.9. The third kappa shape index (κ3) is 3.70. The van der Waals surface area contributed by atoms with Crippen LogP contribution in [0.5, 0.6) is 0 Å². The zero-order valence-electron chi connectivity index (χ0n) is 24.2. The summed E-state index contributed by atoms with van der Waals surface area (Å²) >= 11 is 0. The molecule has 2 aliphatic rings. The molecule has 0 radical (unpaired) electrons. The minimum atomic E-state index is 1.07. The van der Waals surface area contributed by atoms with E-state index in [1.807, 2.05) is 0 Å². The van der Waals surface area contributed by atoms with Gasteiger partial charge in [-0.3, -0.25) is 0 Å². The SMILES string of the molecule is Cc1cc2c3c(cccc3c1-c1ccc(-c3c4c(c(-c5ccc6ccccc6c5)c5ccccc35)=CCCC=4)cc1)C=C2. The van der Waals surface area contributed by atoms with Crippen LogP contribution in [0.25, 0.3) is 90.0 Å². The van der Waals surface area contributed by atoms with Crippen LogP contribution in [-0.2, 0) is 0 Å². The molecule has 0 N–H and O–H groups in total. The Balaban J connectivity index is 1.26. The lowest BCUT2D eigenvalue weighted by Crippen LogP contribution is -2.31. The Morgan fingerprint density at radius 3 is 1.77 bits per heavy atom. The Kier molecular flexibility index (Phi) is 5.34. The van der Waals surface area contributed by atoms with Crippen LogP contribution in [0.15, 0.2) is 115 Å². The first-order valence-electron chi connectivity index (χ1n) is 15.3. The van der Waals surface area contributed by atoms with Crippen LogP contribution in [0.2, 0.25) is 0 Å². The molecule has 0 heteroatoms. The Bertz CT molecular complexity index is 2440. The lowest BCUT2D eigenvalue weighted by molar-refractivity contribution is 1.12. The van der Waals surface area contributed by atoms with Crippen LogP contribution in [0, 0.1) is 6.92 Å². The molecular formula is C43H30. The molecule has 0 saturated carbocycles. The number of aryl methyl sites for hydroxylation is 1. The maximum Gasteiger partial charge on any atom is -0.00295 e. The highest BCUT2D eigenvalue weighted by molar-refractivity contribution is 6.11.